The molecule has 158 valence electrons. The third-order valence-electron chi connectivity index (χ3n) is 4.74. The van der Waals surface area contributed by atoms with Crippen LogP contribution in [0.4, 0.5) is 0 Å². The third kappa shape index (κ3) is 5.79. The smallest absolute Gasteiger partial charge is 0.328 e. The summed E-state index contributed by atoms with van der Waals surface area (Å²) in [6.07, 6.45) is 4.35. The Morgan fingerprint density at radius 3 is 2.67 bits per heavy atom. The summed E-state index contributed by atoms with van der Waals surface area (Å²) in [5.74, 6) is 0.833. The second kappa shape index (κ2) is 10.7. The third-order valence-corrected chi connectivity index (χ3v) is 5.38. The van der Waals surface area contributed by atoms with Crippen LogP contribution in [0.2, 0.25) is 0 Å². The Labute approximate surface area is 180 Å². The molecule has 0 saturated heterocycles. The minimum Gasteiger partial charge on any atom is -0.489 e. The number of methoxy groups -OCH3 is 1. The Bertz CT molecular complexity index is 987. The predicted octanol–water partition coefficient (Wildman–Crippen LogP) is 3.63. The Balaban J connectivity index is 1.67. The quantitative estimate of drug-likeness (QED) is 0.502. The van der Waals surface area contributed by atoms with Crippen molar-refractivity contribution in [2.45, 2.75) is 25.6 Å². The lowest BCUT2D eigenvalue weighted by molar-refractivity contribution is -0.145. The van der Waals surface area contributed by atoms with Crippen LogP contribution in [-0.4, -0.2) is 41.6 Å². The molecule has 6 nitrogen and oxygen atoms in total. The minimum absolute atomic E-state index is 0.110. The highest BCUT2D eigenvalue weighted by Crippen LogP contribution is 2.23. The summed E-state index contributed by atoms with van der Waals surface area (Å²) in [5, 5.41) is 3.80. The standard InChI is InChI=1S/C23H26N2O4S/c1-28-23(27)20(11-13-30-2)24-22(26)15-25-12-10-18-8-9-19(14-21(18)25)29-16-17-6-4-3-5-7-17/h3-10,12,14,20H,11,13,15-16H2,1-2H3,(H,24,26)/t20-/m0/s1. The molecule has 1 N–H and O–H groups in total. The summed E-state index contributed by atoms with van der Waals surface area (Å²) >= 11 is 1.62. The van der Waals surface area contributed by atoms with Crippen molar-refractivity contribution in [1.82, 2.24) is 9.88 Å². The molecule has 30 heavy (non-hydrogen) atoms. The number of ether oxygens (including phenoxy) is 2. The molecule has 0 saturated carbocycles. The largest absolute Gasteiger partial charge is 0.489 e. The molecule has 1 amide bonds. The number of nitrogens with one attached hydrogen (secondary N) is 1. The van der Waals surface area contributed by atoms with E-state index in [2.05, 4.69) is 5.32 Å². The predicted molar refractivity (Wildman–Crippen MR) is 120 cm³/mol. The maximum atomic E-state index is 12.6. The molecule has 1 atom stereocenters. The molecule has 0 aliphatic carbocycles. The average Bonchev–Trinajstić information content (AvgIpc) is 3.17. The average molecular weight is 427 g/mol. The zero-order chi connectivity index (χ0) is 21.3. The number of amides is 1. The van der Waals surface area contributed by atoms with Gasteiger partial charge in [-0.1, -0.05) is 30.3 Å². The van der Waals surface area contributed by atoms with E-state index in [9.17, 15) is 9.59 Å². The van der Waals surface area contributed by atoms with E-state index in [0.29, 0.717) is 13.0 Å². The first-order valence-corrected chi connectivity index (χ1v) is 11.1. The van der Waals surface area contributed by atoms with E-state index in [-0.39, 0.29) is 12.5 Å². The van der Waals surface area contributed by atoms with Crippen LogP contribution >= 0.6 is 11.8 Å². The van der Waals surface area contributed by atoms with Gasteiger partial charge in [-0.3, -0.25) is 4.79 Å². The molecule has 0 fully saturated rings. The summed E-state index contributed by atoms with van der Waals surface area (Å²) in [6.45, 7) is 0.586. The molecule has 0 aliphatic rings. The van der Waals surface area contributed by atoms with Gasteiger partial charge in [-0.05, 0) is 47.6 Å². The number of esters is 1. The van der Waals surface area contributed by atoms with Gasteiger partial charge < -0.3 is 19.4 Å². The van der Waals surface area contributed by atoms with Crippen molar-refractivity contribution in [3.63, 3.8) is 0 Å². The van der Waals surface area contributed by atoms with E-state index in [0.717, 1.165) is 28.0 Å². The second-order valence-electron chi connectivity index (χ2n) is 6.86. The second-order valence-corrected chi connectivity index (χ2v) is 7.85. The maximum absolute atomic E-state index is 12.6. The molecule has 7 heteroatoms. The lowest BCUT2D eigenvalue weighted by Crippen LogP contribution is -2.43. The molecule has 0 bridgehead atoms. The van der Waals surface area contributed by atoms with E-state index in [1.807, 2.05) is 71.6 Å². The zero-order valence-corrected chi connectivity index (χ0v) is 18.0. The van der Waals surface area contributed by atoms with Gasteiger partial charge in [-0.15, -0.1) is 0 Å². The molecule has 2 aromatic carbocycles. The number of nitrogens with zero attached hydrogens (tertiary/aromatic N) is 1. The topological polar surface area (TPSA) is 69.6 Å². The van der Waals surface area contributed by atoms with E-state index < -0.39 is 12.0 Å². The fraction of sp³-hybridized carbons (Fsp3) is 0.304. The van der Waals surface area contributed by atoms with Gasteiger partial charge in [-0.25, -0.2) is 4.79 Å². The number of aromatic nitrogens is 1. The van der Waals surface area contributed by atoms with Crippen LogP contribution in [0.25, 0.3) is 10.9 Å². The van der Waals surface area contributed by atoms with Gasteiger partial charge in [0.1, 0.15) is 24.9 Å². The van der Waals surface area contributed by atoms with Crippen LogP contribution in [0.5, 0.6) is 5.75 Å². The molecule has 1 heterocycles. The molecule has 0 radical (unpaired) electrons. The van der Waals surface area contributed by atoms with Gasteiger partial charge in [-0.2, -0.15) is 11.8 Å². The fourth-order valence-electron chi connectivity index (χ4n) is 3.15. The van der Waals surface area contributed by atoms with Crippen LogP contribution in [0.1, 0.15) is 12.0 Å². The number of benzene rings is 2. The first-order chi connectivity index (χ1) is 14.6. The molecule has 0 unspecified atom stereocenters. The number of fused-ring (bicyclic) bond motifs is 1. The Hall–Kier alpha value is -2.93. The zero-order valence-electron chi connectivity index (χ0n) is 17.2. The number of carbonyl (C=O) groups is 2. The highest BCUT2D eigenvalue weighted by Gasteiger charge is 2.21. The molecule has 0 aliphatic heterocycles. The van der Waals surface area contributed by atoms with Crippen molar-refractivity contribution in [3.8, 4) is 5.75 Å². The van der Waals surface area contributed by atoms with Crippen LogP contribution < -0.4 is 10.1 Å². The van der Waals surface area contributed by atoms with Gasteiger partial charge in [0.05, 0.1) is 12.6 Å². The maximum Gasteiger partial charge on any atom is 0.328 e. The van der Waals surface area contributed by atoms with E-state index in [1.165, 1.54) is 7.11 Å². The van der Waals surface area contributed by atoms with Crippen LogP contribution in [-0.2, 0) is 27.5 Å². The molecule has 1 aromatic heterocycles. The van der Waals surface area contributed by atoms with Gasteiger partial charge in [0.15, 0.2) is 0 Å². The molecule has 0 spiro atoms. The minimum atomic E-state index is -0.637. The Kier molecular flexibility index (Phi) is 7.79. The van der Waals surface area contributed by atoms with E-state index >= 15 is 0 Å². The van der Waals surface area contributed by atoms with Gasteiger partial charge in [0, 0.05) is 12.3 Å². The number of hydrogen-bond donors (Lipinski definition) is 1. The SMILES string of the molecule is COC(=O)[C@H](CCSC)NC(=O)Cn1ccc2ccc(OCc3ccccc3)cc21. The lowest BCUT2D eigenvalue weighted by Gasteiger charge is -2.16. The van der Waals surface area contributed by atoms with Crippen LogP contribution in [0.15, 0.2) is 60.8 Å². The number of thioether (sulfide) groups is 1. The van der Waals surface area contributed by atoms with Crippen molar-refractivity contribution in [2.24, 2.45) is 0 Å². The number of hydrogen-bond acceptors (Lipinski definition) is 5. The first kappa shape index (κ1) is 21.8. The summed E-state index contributed by atoms with van der Waals surface area (Å²) in [4.78, 5) is 24.5. The summed E-state index contributed by atoms with van der Waals surface area (Å²) in [6, 6.07) is 17.1. The van der Waals surface area contributed by atoms with Crippen molar-refractivity contribution >= 4 is 34.5 Å². The first-order valence-electron chi connectivity index (χ1n) is 9.72. The monoisotopic (exact) mass is 426 g/mol. The fourth-order valence-corrected chi connectivity index (χ4v) is 3.63. The van der Waals surface area contributed by atoms with Crippen molar-refractivity contribution < 1.29 is 19.1 Å². The number of rotatable bonds is 10. The molecular weight excluding hydrogens is 400 g/mol. The van der Waals surface area contributed by atoms with Crippen LogP contribution in [0.3, 0.4) is 0 Å². The van der Waals surface area contributed by atoms with Crippen molar-refractivity contribution in [2.75, 3.05) is 19.1 Å². The summed E-state index contributed by atoms with van der Waals surface area (Å²) < 4.78 is 12.6. The lowest BCUT2D eigenvalue weighted by atomic mass is 10.2. The highest BCUT2D eigenvalue weighted by molar-refractivity contribution is 7.98. The summed E-state index contributed by atoms with van der Waals surface area (Å²) in [5.41, 5.74) is 1.99. The highest BCUT2D eigenvalue weighted by atomic mass is 32.2. The van der Waals surface area contributed by atoms with E-state index in [4.69, 9.17) is 9.47 Å². The Morgan fingerprint density at radius 2 is 1.93 bits per heavy atom. The summed E-state index contributed by atoms with van der Waals surface area (Å²) in [7, 11) is 1.33. The van der Waals surface area contributed by atoms with Crippen molar-refractivity contribution in [3.05, 3.63) is 66.4 Å². The van der Waals surface area contributed by atoms with Gasteiger partial charge in [0.2, 0.25) is 5.91 Å². The van der Waals surface area contributed by atoms with E-state index in [1.54, 1.807) is 11.8 Å². The van der Waals surface area contributed by atoms with Gasteiger partial charge >= 0.3 is 5.97 Å². The molecule has 3 rings (SSSR count). The molecular formula is C23H26N2O4S. The van der Waals surface area contributed by atoms with Crippen molar-refractivity contribution in [1.29, 1.82) is 0 Å². The van der Waals surface area contributed by atoms with Gasteiger partial charge in [0.25, 0.3) is 0 Å². The number of carbonyl (C=O) groups excluding carboxylic acids is 2. The Morgan fingerprint density at radius 1 is 1.13 bits per heavy atom. The molecule has 3 aromatic rings. The normalized spacial score (nSPS) is 11.8. The van der Waals surface area contributed by atoms with Crippen LogP contribution in [0, 0.1) is 0 Å².